The number of hydrogen-bond donors (Lipinski definition) is 2. The van der Waals surface area contributed by atoms with Crippen LogP contribution in [0.15, 0.2) is 0 Å². The van der Waals surface area contributed by atoms with Crippen LogP contribution in [0.3, 0.4) is 0 Å². The molecule has 1 aromatic heterocycles. The zero-order valence-electron chi connectivity index (χ0n) is 10.9. The Morgan fingerprint density at radius 1 is 1.28 bits per heavy atom. The van der Waals surface area contributed by atoms with E-state index in [1.807, 2.05) is 0 Å². The van der Waals surface area contributed by atoms with Crippen LogP contribution in [-0.2, 0) is 11.2 Å². The number of amides is 1. The van der Waals surface area contributed by atoms with E-state index in [9.17, 15) is 4.79 Å². The number of nitrogens with zero attached hydrogens (tertiary/aromatic N) is 2. The molecule has 0 aromatic carbocycles. The normalized spacial score (nSPS) is 10.6. The van der Waals surface area contributed by atoms with Gasteiger partial charge in [-0.2, -0.15) is 0 Å². The van der Waals surface area contributed by atoms with E-state index in [4.69, 9.17) is 5.73 Å². The summed E-state index contributed by atoms with van der Waals surface area (Å²) in [5.74, 6) is 0.0296. The van der Waals surface area contributed by atoms with E-state index in [-0.39, 0.29) is 5.91 Å². The van der Waals surface area contributed by atoms with E-state index >= 15 is 0 Å². The minimum atomic E-state index is 0.0296. The largest absolute Gasteiger partial charge is 0.330 e. The lowest BCUT2D eigenvalue weighted by atomic mass is 10.1. The predicted octanol–water partition coefficient (Wildman–Crippen LogP) is 2.34. The minimum absolute atomic E-state index is 0.0296. The third kappa shape index (κ3) is 6.07. The molecule has 0 atom stereocenters. The van der Waals surface area contributed by atoms with Gasteiger partial charge in [0.1, 0.15) is 5.01 Å². The average Bonchev–Trinajstić information content (AvgIpc) is 2.77. The lowest BCUT2D eigenvalue weighted by Gasteiger charge is -2.01. The Labute approximate surface area is 112 Å². The van der Waals surface area contributed by atoms with E-state index in [2.05, 4.69) is 22.4 Å². The van der Waals surface area contributed by atoms with Crippen molar-refractivity contribution in [1.82, 2.24) is 10.2 Å². The summed E-state index contributed by atoms with van der Waals surface area (Å²) in [5, 5.41) is 12.4. The van der Waals surface area contributed by atoms with Crippen LogP contribution in [0.25, 0.3) is 0 Å². The summed E-state index contributed by atoms with van der Waals surface area (Å²) in [7, 11) is 0. The summed E-state index contributed by atoms with van der Waals surface area (Å²) in [5.41, 5.74) is 5.41. The lowest BCUT2D eigenvalue weighted by Crippen LogP contribution is -2.10. The third-order valence-electron chi connectivity index (χ3n) is 2.54. The molecular formula is C12H22N4OS. The number of nitrogens with two attached hydrogens (primary N) is 1. The van der Waals surface area contributed by atoms with Gasteiger partial charge in [0.25, 0.3) is 0 Å². The number of anilines is 1. The van der Waals surface area contributed by atoms with Crippen LogP contribution in [-0.4, -0.2) is 22.6 Å². The third-order valence-corrected chi connectivity index (χ3v) is 3.43. The molecule has 6 heteroatoms. The number of aromatic nitrogens is 2. The number of carbonyl (C=O) groups excluding carboxylic acids is 1. The van der Waals surface area contributed by atoms with Gasteiger partial charge >= 0.3 is 0 Å². The topological polar surface area (TPSA) is 80.9 Å². The smallest absolute Gasteiger partial charge is 0.226 e. The average molecular weight is 270 g/mol. The standard InChI is InChI=1S/C12H22N4OS/c1-2-7-11-15-16-12(18-11)14-10(17)8-5-3-4-6-9-13/h2-9,13H2,1H3,(H,14,16,17). The fraction of sp³-hybridized carbons (Fsp3) is 0.750. The second kappa shape index (κ2) is 8.99. The van der Waals surface area contributed by atoms with Gasteiger partial charge in [0.2, 0.25) is 11.0 Å². The molecule has 0 bridgehead atoms. The molecule has 1 aromatic rings. The van der Waals surface area contributed by atoms with E-state index < -0.39 is 0 Å². The first-order chi connectivity index (χ1) is 8.76. The van der Waals surface area contributed by atoms with Gasteiger partial charge in [-0.15, -0.1) is 10.2 Å². The summed E-state index contributed by atoms with van der Waals surface area (Å²) in [6.07, 6.45) is 6.62. The van der Waals surface area contributed by atoms with E-state index in [1.165, 1.54) is 11.3 Å². The second-order valence-corrected chi connectivity index (χ2v) is 5.31. The van der Waals surface area contributed by atoms with Crippen molar-refractivity contribution in [1.29, 1.82) is 0 Å². The predicted molar refractivity (Wildman–Crippen MR) is 74.7 cm³/mol. The minimum Gasteiger partial charge on any atom is -0.330 e. The molecule has 0 fully saturated rings. The van der Waals surface area contributed by atoms with Gasteiger partial charge in [-0.05, 0) is 25.8 Å². The first-order valence-electron chi connectivity index (χ1n) is 6.58. The van der Waals surface area contributed by atoms with Gasteiger partial charge in [-0.1, -0.05) is 31.1 Å². The highest BCUT2D eigenvalue weighted by Gasteiger charge is 2.07. The molecule has 18 heavy (non-hydrogen) atoms. The van der Waals surface area contributed by atoms with E-state index in [1.54, 1.807) is 0 Å². The van der Waals surface area contributed by atoms with Crippen LogP contribution in [0.2, 0.25) is 0 Å². The van der Waals surface area contributed by atoms with Crippen LogP contribution in [0.1, 0.15) is 50.5 Å². The highest BCUT2D eigenvalue weighted by molar-refractivity contribution is 7.15. The molecule has 1 amide bonds. The summed E-state index contributed by atoms with van der Waals surface area (Å²) < 4.78 is 0. The van der Waals surface area contributed by atoms with Gasteiger partial charge < -0.3 is 11.1 Å². The molecule has 5 nitrogen and oxygen atoms in total. The first kappa shape index (κ1) is 15.0. The van der Waals surface area contributed by atoms with Crippen molar-refractivity contribution in [3.8, 4) is 0 Å². The van der Waals surface area contributed by atoms with Crippen molar-refractivity contribution in [3.63, 3.8) is 0 Å². The molecule has 0 radical (unpaired) electrons. The number of carbonyl (C=O) groups is 1. The number of unbranched alkanes of at least 4 members (excludes halogenated alkanes) is 3. The van der Waals surface area contributed by atoms with Crippen molar-refractivity contribution >= 4 is 22.4 Å². The van der Waals surface area contributed by atoms with Crippen LogP contribution in [0.5, 0.6) is 0 Å². The number of nitrogens with one attached hydrogen (secondary N) is 1. The molecule has 1 heterocycles. The Balaban J connectivity index is 2.18. The molecule has 0 saturated heterocycles. The number of hydrogen-bond acceptors (Lipinski definition) is 5. The fourth-order valence-electron chi connectivity index (χ4n) is 1.58. The molecular weight excluding hydrogens is 248 g/mol. The molecule has 0 aliphatic heterocycles. The Morgan fingerprint density at radius 3 is 2.78 bits per heavy atom. The Kier molecular flexibility index (Phi) is 7.52. The molecule has 3 N–H and O–H groups in total. The van der Waals surface area contributed by atoms with Crippen LogP contribution < -0.4 is 11.1 Å². The maximum absolute atomic E-state index is 11.6. The van der Waals surface area contributed by atoms with Crippen LogP contribution in [0, 0.1) is 0 Å². The van der Waals surface area contributed by atoms with Gasteiger partial charge in [-0.25, -0.2) is 0 Å². The molecule has 102 valence electrons. The molecule has 0 saturated carbocycles. The zero-order valence-corrected chi connectivity index (χ0v) is 11.8. The first-order valence-corrected chi connectivity index (χ1v) is 7.40. The summed E-state index contributed by atoms with van der Waals surface area (Å²) in [6.45, 7) is 2.83. The Bertz CT molecular complexity index is 354. The molecule has 0 aliphatic carbocycles. The molecule has 0 aliphatic rings. The maximum atomic E-state index is 11.6. The van der Waals surface area contributed by atoms with Crippen molar-refractivity contribution in [2.24, 2.45) is 5.73 Å². The number of rotatable bonds is 9. The van der Waals surface area contributed by atoms with Crippen LogP contribution in [0.4, 0.5) is 5.13 Å². The Hall–Kier alpha value is -1.01. The molecule has 0 unspecified atom stereocenters. The monoisotopic (exact) mass is 270 g/mol. The highest BCUT2D eigenvalue weighted by atomic mass is 32.1. The fourth-order valence-corrected chi connectivity index (χ4v) is 2.44. The van der Waals surface area contributed by atoms with Gasteiger partial charge in [-0.3, -0.25) is 4.79 Å². The van der Waals surface area contributed by atoms with Crippen molar-refractivity contribution in [3.05, 3.63) is 5.01 Å². The summed E-state index contributed by atoms with van der Waals surface area (Å²) >= 11 is 1.46. The SMILES string of the molecule is CCCc1nnc(NC(=O)CCCCCCN)s1. The summed E-state index contributed by atoms with van der Waals surface area (Å²) in [6, 6.07) is 0. The lowest BCUT2D eigenvalue weighted by molar-refractivity contribution is -0.116. The van der Waals surface area contributed by atoms with Gasteiger partial charge in [0.15, 0.2) is 0 Å². The van der Waals surface area contributed by atoms with Gasteiger partial charge in [0.05, 0.1) is 0 Å². The van der Waals surface area contributed by atoms with Crippen LogP contribution >= 0.6 is 11.3 Å². The van der Waals surface area contributed by atoms with Crippen molar-refractivity contribution < 1.29 is 4.79 Å². The highest BCUT2D eigenvalue weighted by Crippen LogP contribution is 2.17. The zero-order chi connectivity index (χ0) is 13.2. The van der Waals surface area contributed by atoms with Gasteiger partial charge in [0, 0.05) is 12.8 Å². The van der Waals surface area contributed by atoms with E-state index in [0.29, 0.717) is 11.6 Å². The maximum Gasteiger partial charge on any atom is 0.226 e. The quantitative estimate of drug-likeness (QED) is 0.675. The second-order valence-electron chi connectivity index (χ2n) is 4.25. The molecule has 0 spiro atoms. The van der Waals surface area contributed by atoms with Crippen molar-refractivity contribution in [2.45, 2.75) is 51.9 Å². The molecule has 1 rings (SSSR count). The Morgan fingerprint density at radius 2 is 2.06 bits per heavy atom. The number of aryl methyl sites for hydroxylation is 1. The van der Waals surface area contributed by atoms with Crippen molar-refractivity contribution in [2.75, 3.05) is 11.9 Å². The summed E-state index contributed by atoms with van der Waals surface area (Å²) in [4.78, 5) is 11.6. The van der Waals surface area contributed by atoms with E-state index in [0.717, 1.165) is 50.1 Å².